The number of nitrogens with zero attached hydrogens (tertiary/aromatic N) is 1. The summed E-state index contributed by atoms with van der Waals surface area (Å²) in [4.78, 5) is 0. The normalized spacial score (nSPS) is 11.4. The number of ether oxygens (including phenoxy) is 4. The van der Waals surface area contributed by atoms with Crippen molar-refractivity contribution >= 4 is 49.6 Å². The van der Waals surface area contributed by atoms with Crippen LogP contribution in [0.3, 0.4) is 0 Å². The highest BCUT2D eigenvalue weighted by Gasteiger charge is 2.20. The van der Waals surface area contributed by atoms with E-state index < -0.39 is 10.4 Å². The summed E-state index contributed by atoms with van der Waals surface area (Å²) in [6.07, 6.45) is 6.07. The lowest BCUT2D eigenvalue weighted by molar-refractivity contribution is -0.511. The van der Waals surface area contributed by atoms with E-state index in [1.165, 1.54) is 0 Å². The number of hydrogen-bond acceptors (Lipinski definition) is 8. The van der Waals surface area contributed by atoms with Gasteiger partial charge < -0.3 is 28.6 Å². The van der Waals surface area contributed by atoms with E-state index >= 15 is 0 Å². The number of rotatable bonds is 6. The van der Waals surface area contributed by atoms with Crippen LogP contribution in [0.5, 0.6) is 28.7 Å². The Kier molecular flexibility index (Phi) is 8.29. The molecule has 0 amide bonds. The lowest BCUT2D eigenvalue weighted by Crippen LogP contribution is -2.26. The van der Waals surface area contributed by atoms with Gasteiger partial charge in [0, 0.05) is 18.2 Å². The standard InChI is InChI=1S/C29H25NO5.H2O4S/c1-32-26-14-19-10-11-30-24(9-8-18-6-5-7-21(31)12-18)23-17-29(35-4)27(33-2)15-20(23)13-25(30)22(19)16-28(26)34-3;1-5(2,3)4/h5-17H,1-4H3;(H2,1,2,3,4)/b9-8+;. The monoisotopic (exact) mass is 565 g/mol. The van der Waals surface area contributed by atoms with Crippen molar-refractivity contribution in [3.63, 3.8) is 0 Å². The fourth-order valence-electron chi connectivity index (χ4n) is 4.46. The molecule has 5 rings (SSSR count). The first-order valence-corrected chi connectivity index (χ1v) is 13.2. The molecule has 0 aliphatic heterocycles. The number of phenolic OH excluding ortho intramolecular Hbond substituents is 1. The van der Waals surface area contributed by atoms with Gasteiger partial charge in [-0.3, -0.25) is 4.55 Å². The number of pyridine rings is 2. The van der Waals surface area contributed by atoms with Gasteiger partial charge in [0.1, 0.15) is 5.75 Å². The van der Waals surface area contributed by atoms with E-state index in [1.54, 1.807) is 40.6 Å². The molecule has 2 aromatic heterocycles. The number of benzene rings is 3. The second kappa shape index (κ2) is 11.7. The van der Waals surface area contributed by atoms with E-state index in [1.807, 2.05) is 54.7 Å². The third-order valence-corrected chi connectivity index (χ3v) is 6.18. The van der Waals surface area contributed by atoms with Crippen LogP contribution in [-0.2, 0) is 10.4 Å². The third kappa shape index (κ3) is 6.18. The van der Waals surface area contributed by atoms with Crippen molar-refractivity contribution in [3.05, 3.63) is 78.1 Å². The molecule has 0 spiro atoms. The smallest absolute Gasteiger partial charge is 0.219 e. The molecule has 0 saturated heterocycles. The first-order valence-electron chi connectivity index (χ1n) is 11.8. The zero-order valence-electron chi connectivity index (χ0n) is 22.1. The van der Waals surface area contributed by atoms with E-state index in [2.05, 4.69) is 16.5 Å². The average Bonchev–Trinajstić information content (AvgIpc) is 2.92. The second-order valence-corrected chi connectivity index (χ2v) is 9.40. The van der Waals surface area contributed by atoms with E-state index in [0.717, 1.165) is 38.3 Å². The van der Waals surface area contributed by atoms with Gasteiger partial charge in [-0.25, -0.2) is 8.42 Å². The maximum atomic E-state index is 9.90. The van der Waals surface area contributed by atoms with Gasteiger partial charge >= 0.3 is 0 Å². The molecule has 11 heteroatoms. The Balaban J connectivity index is 0.000000681. The quantitative estimate of drug-likeness (QED) is 0.0990. The first-order chi connectivity index (χ1) is 19.1. The van der Waals surface area contributed by atoms with Gasteiger partial charge in [-0.1, -0.05) is 12.1 Å². The summed E-state index contributed by atoms with van der Waals surface area (Å²) in [5.41, 5.74) is 2.85. The van der Waals surface area contributed by atoms with Gasteiger partial charge in [0.25, 0.3) is 0 Å². The highest BCUT2D eigenvalue weighted by Crippen LogP contribution is 2.37. The van der Waals surface area contributed by atoms with Gasteiger partial charge in [0.05, 0.1) is 39.2 Å². The van der Waals surface area contributed by atoms with E-state index in [9.17, 15) is 5.11 Å². The van der Waals surface area contributed by atoms with Crippen LogP contribution in [0.4, 0.5) is 0 Å². The van der Waals surface area contributed by atoms with Crippen LogP contribution in [-0.4, -0.2) is 51.1 Å². The molecule has 0 saturated carbocycles. The molecule has 0 unspecified atom stereocenters. The van der Waals surface area contributed by atoms with E-state index in [-0.39, 0.29) is 5.75 Å². The topological polar surface area (TPSA) is 139 Å². The van der Waals surface area contributed by atoms with Gasteiger partial charge in [0.15, 0.2) is 29.2 Å². The van der Waals surface area contributed by atoms with E-state index in [4.69, 9.17) is 36.5 Å². The van der Waals surface area contributed by atoms with Crippen molar-refractivity contribution in [1.82, 2.24) is 0 Å². The predicted octanol–water partition coefficient (Wildman–Crippen LogP) is 4.65. The molecule has 0 atom stereocenters. The minimum absolute atomic E-state index is 0.223. The van der Waals surface area contributed by atoms with Crippen molar-refractivity contribution in [2.45, 2.75) is 0 Å². The predicted molar refractivity (Wildman–Crippen MR) is 150 cm³/mol. The van der Waals surface area contributed by atoms with Gasteiger partial charge in [-0.05, 0) is 58.8 Å². The van der Waals surface area contributed by atoms with Crippen molar-refractivity contribution in [3.8, 4) is 28.7 Å². The Morgan fingerprint density at radius 2 is 1.30 bits per heavy atom. The maximum absolute atomic E-state index is 9.90. The fourth-order valence-corrected chi connectivity index (χ4v) is 4.46. The Morgan fingerprint density at radius 1 is 0.750 bits per heavy atom. The van der Waals surface area contributed by atoms with Crippen LogP contribution in [0.25, 0.3) is 39.2 Å². The number of methoxy groups -OCH3 is 4. The van der Waals surface area contributed by atoms with Crippen molar-refractivity contribution in [2.75, 3.05) is 28.4 Å². The maximum Gasteiger partial charge on any atom is 0.219 e. The highest BCUT2D eigenvalue weighted by molar-refractivity contribution is 7.79. The van der Waals surface area contributed by atoms with Crippen LogP contribution in [0.2, 0.25) is 0 Å². The molecule has 2 N–H and O–H groups in total. The zero-order chi connectivity index (χ0) is 29.0. The number of phenols is 1. The third-order valence-electron chi connectivity index (χ3n) is 6.18. The van der Waals surface area contributed by atoms with Gasteiger partial charge in [0.2, 0.25) is 21.6 Å². The zero-order valence-corrected chi connectivity index (χ0v) is 22.9. The Labute approximate surface area is 230 Å². The molecule has 3 aromatic carbocycles. The number of fused-ring (bicyclic) bond motifs is 4. The molecule has 208 valence electrons. The summed E-state index contributed by atoms with van der Waals surface area (Å²) >= 11 is 0. The molecule has 0 aliphatic carbocycles. The van der Waals surface area contributed by atoms with Gasteiger partial charge in [-0.2, -0.15) is 4.40 Å². The highest BCUT2D eigenvalue weighted by atomic mass is 32.3. The van der Waals surface area contributed by atoms with Crippen molar-refractivity contribution in [2.24, 2.45) is 0 Å². The molecule has 0 bridgehead atoms. The minimum Gasteiger partial charge on any atom is -0.726 e. The number of aromatic hydroxyl groups is 1. The molecule has 5 aromatic rings. The second-order valence-electron chi connectivity index (χ2n) is 8.55. The van der Waals surface area contributed by atoms with Crippen LogP contribution in [0, 0.1) is 0 Å². The molecule has 2 heterocycles. The van der Waals surface area contributed by atoms with Crippen LogP contribution in [0.15, 0.2) is 66.9 Å². The SMILES string of the molecule is COc1cc2cc3c4cc(OC)c(OC)cc4cc[n+]3c(/C=C/c3cccc(O)c3)c2cc1OC.O=S(=O)([O-])O. The van der Waals surface area contributed by atoms with Crippen LogP contribution >= 0.6 is 0 Å². The molecular formula is C29H27NO9S. The van der Waals surface area contributed by atoms with Crippen molar-refractivity contribution < 1.29 is 46.0 Å². The fraction of sp³-hybridized carbons (Fsp3) is 0.138. The average molecular weight is 566 g/mol. The lowest BCUT2D eigenvalue weighted by Gasteiger charge is -2.12. The summed E-state index contributed by atoms with van der Waals surface area (Å²) in [7, 11) is 1.62. The molecule has 40 heavy (non-hydrogen) atoms. The van der Waals surface area contributed by atoms with E-state index in [0.29, 0.717) is 23.0 Å². The molecule has 0 radical (unpaired) electrons. The molecule has 0 fully saturated rings. The van der Waals surface area contributed by atoms with Crippen molar-refractivity contribution in [1.29, 1.82) is 0 Å². The summed E-state index contributed by atoms with van der Waals surface area (Å²) in [5, 5.41) is 14.0. The van der Waals surface area contributed by atoms with Crippen LogP contribution in [0.1, 0.15) is 11.3 Å². The Morgan fingerprint density at radius 3 is 1.88 bits per heavy atom. The first kappa shape index (κ1) is 28.4. The minimum atomic E-state index is -4.92. The Hall–Kier alpha value is -4.58. The van der Waals surface area contributed by atoms with Gasteiger partial charge in [-0.15, -0.1) is 0 Å². The number of hydrogen-bond donors (Lipinski definition) is 2. The summed E-state index contributed by atoms with van der Waals surface area (Å²) in [6.45, 7) is 0. The largest absolute Gasteiger partial charge is 0.726 e. The summed E-state index contributed by atoms with van der Waals surface area (Å²) < 4.78 is 57.2. The summed E-state index contributed by atoms with van der Waals surface area (Å²) in [5.74, 6) is 2.88. The molecular weight excluding hydrogens is 538 g/mol. The van der Waals surface area contributed by atoms with Crippen LogP contribution < -0.4 is 23.3 Å². The molecule has 0 aliphatic rings. The Bertz CT molecular complexity index is 1840. The number of aromatic nitrogens is 1. The summed E-state index contributed by atoms with van der Waals surface area (Å²) in [6, 6.07) is 19.3. The lowest BCUT2D eigenvalue weighted by atomic mass is 10.0. The molecule has 10 nitrogen and oxygen atoms in total.